The second-order valence-electron chi connectivity index (χ2n) is 12.6. The molecular formula is C32H40N4O4S. The highest BCUT2D eigenvalue weighted by Crippen LogP contribution is 2.59. The third-order valence-electron chi connectivity index (χ3n) is 9.07. The topological polar surface area (TPSA) is 106 Å². The van der Waals surface area contributed by atoms with Crippen LogP contribution < -0.4 is 15.4 Å². The van der Waals surface area contributed by atoms with Gasteiger partial charge in [-0.1, -0.05) is 32.0 Å². The molecule has 1 aliphatic heterocycles. The molecule has 0 unspecified atom stereocenters. The van der Waals surface area contributed by atoms with Crippen LogP contribution in [-0.2, 0) is 16.0 Å². The van der Waals surface area contributed by atoms with Crippen LogP contribution in [0.2, 0.25) is 0 Å². The monoisotopic (exact) mass is 576 g/mol. The van der Waals surface area contributed by atoms with Crippen LogP contribution in [0.5, 0.6) is 5.88 Å². The van der Waals surface area contributed by atoms with E-state index >= 15 is 0 Å². The van der Waals surface area contributed by atoms with Crippen molar-refractivity contribution in [1.82, 2.24) is 20.6 Å². The SMILES string of the molecule is COCC(=O)N[C@@H](Cc1cccc(-c2nccs2)c1)[C@H](O)CN[C@H]1CC2(CCC2)Oc2ncc([C@@H]3CC3(C)C)cc21. The summed E-state index contributed by atoms with van der Waals surface area (Å²) >= 11 is 1.59. The van der Waals surface area contributed by atoms with Crippen molar-refractivity contribution < 1.29 is 19.4 Å². The maximum absolute atomic E-state index is 12.6. The van der Waals surface area contributed by atoms with Crippen molar-refractivity contribution >= 4 is 17.2 Å². The number of methoxy groups -OCH3 is 1. The summed E-state index contributed by atoms with van der Waals surface area (Å²) in [6.45, 7) is 4.86. The fraction of sp³-hybridized carbons (Fsp3) is 0.531. The molecule has 0 bridgehead atoms. The lowest BCUT2D eigenvalue weighted by atomic mass is 9.73. The molecule has 1 amide bonds. The molecule has 8 nitrogen and oxygen atoms in total. The van der Waals surface area contributed by atoms with Crippen molar-refractivity contribution in [3.8, 4) is 16.5 Å². The number of aromatic nitrogens is 2. The summed E-state index contributed by atoms with van der Waals surface area (Å²) in [5, 5.41) is 21.0. The van der Waals surface area contributed by atoms with Crippen LogP contribution in [0.15, 0.2) is 48.1 Å². The summed E-state index contributed by atoms with van der Waals surface area (Å²) < 4.78 is 11.5. The van der Waals surface area contributed by atoms with Gasteiger partial charge in [-0.05, 0) is 66.7 Å². The lowest BCUT2D eigenvalue weighted by Crippen LogP contribution is -2.52. The number of carbonyl (C=O) groups is 1. The zero-order valence-corrected chi connectivity index (χ0v) is 24.9. The van der Waals surface area contributed by atoms with E-state index in [4.69, 9.17) is 14.5 Å². The first-order valence-corrected chi connectivity index (χ1v) is 15.5. The van der Waals surface area contributed by atoms with E-state index in [0.717, 1.165) is 47.4 Å². The summed E-state index contributed by atoms with van der Waals surface area (Å²) in [6, 6.07) is 9.91. The van der Waals surface area contributed by atoms with Crippen LogP contribution in [0.4, 0.5) is 0 Å². The first-order chi connectivity index (χ1) is 19.7. The van der Waals surface area contributed by atoms with Gasteiger partial charge in [0.1, 0.15) is 17.2 Å². The van der Waals surface area contributed by atoms with Gasteiger partial charge in [0.15, 0.2) is 0 Å². The molecule has 2 aromatic heterocycles. The standard InChI is InChI=1S/C32H40N4O4S/c1-31(2)15-24(31)22-14-23-26(16-32(8-5-9-32)40-29(23)35-17-22)34-18-27(37)25(36-28(38)19-39-3)13-20-6-4-7-21(12-20)30-33-10-11-41-30/h4,6-7,10-12,14,17,24-27,34,37H,5,8-9,13,15-16,18-19H2,1-3H3,(H,36,38)/t24-,25-,26-,27+/m0/s1. The van der Waals surface area contributed by atoms with Crippen LogP contribution in [-0.4, -0.2) is 59.0 Å². The molecule has 3 heterocycles. The first-order valence-electron chi connectivity index (χ1n) is 14.6. The molecule has 0 saturated heterocycles. The smallest absolute Gasteiger partial charge is 0.246 e. The summed E-state index contributed by atoms with van der Waals surface area (Å²) in [5.74, 6) is 0.985. The zero-order chi connectivity index (χ0) is 28.6. The number of aliphatic hydroxyl groups excluding tert-OH is 1. The minimum absolute atomic E-state index is 0.0200. The highest BCUT2D eigenvalue weighted by atomic mass is 32.1. The van der Waals surface area contributed by atoms with Gasteiger partial charge < -0.3 is 25.2 Å². The first kappa shape index (κ1) is 28.3. The average molecular weight is 577 g/mol. The second-order valence-corrected chi connectivity index (χ2v) is 13.5. The maximum atomic E-state index is 12.6. The fourth-order valence-corrected chi connectivity index (χ4v) is 6.99. The van der Waals surface area contributed by atoms with E-state index in [1.165, 1.54) is 19.1 Å². The van der Waals surface area contributed by atoms with E-state index in [1.54, 1.807) is 17.5 Å². The molecule has 2 aliphatic carbocycles. The Morgan fingerprint density at radius 1 is 1.24 bits per heavy atom. The van der Waals surface area contributed by atoms with Crippen molar-refractivity contribution in [2.24, 2.45) is 5.41 Å². The molecule has 41 heavy (non-hydrogen) atoms. The Hall–Kier alpha value is -2.85. The lowest BCUT2D eigenvalue weighted by molar-refractivity contribution is -0.126. The van der Waals surface area contributed by atoms with Crippen molar-refractivity contribution in [3.05, 3.63) is 64.8 Å². The normalized spacial score (nSPS) is 23.1. The minimum Gasteiger partial charge on any atom is -0.471 e. The van der Waals surface area contributed by atoms with Gasteiger partial charge in [-0.2, -0.15) is 0 Å². The van der Waals surface area contributed by atoms with Gasteiger partial charge in [-0.15, -0.1) is 11.3 Å². The number of amides is 1. The molecule has 1 spiro atoms. The second kappa shape index (κ2) is 11.4. The number of nitrogens with one attached hydrogen (secondary N) is 2. The molecule has 2 fully saturated rings. The Kier molecular flexibility index (Phi) is 7.89. The van der Waals surface area contributed by atoms with E-state index in [2.05, 4.69) is 41.6 Å². The summed E-state index contributed by atoms with van der Waals surface area (Å²) in [7, 11) is 1.49. The van der Waals surface area contributed by atoms with E-state index in [9.17, 15) is 9.90 Å². The predicted octanol–water partition coefficient (Wildman–Crippen LogP) is 4.79. The van der Waals surface area contributed by atoms with Gasteiger partial charge in [0.25, 0.3) is 0 Å². The molecule has 4 atom stereocenters. The number of rotatable bonds is 11. The number of aliphatic hydroxyl groups is 1. The Balaban J connectivity index is 1.19. The predicted molar refractivity (Wildman–Crippen MR) is 159 cm³/mol. The highest BCUT2D eigenvalue weighted by molar-refractivity contribution is 7.13. The van der Waals surface area contributed by atoms with Gasteiger partial charge in [0.2, 0.25) is 11.8 Å². The van der Waals surface area contributed by atoms with E-state index in [-0.39, 0.29) is 24.2 Å². The highest BCUT2D eigenvalue weighted by Gasteiger charge is 2.49. The number of nitrogens with zero attached hydrogens (tertiary/aromatic N) is 2. The molecule has 2 saturated carbocycles. The van der Waals surface area contributed by atoms with Gasteiger partial charge in [-0.3, -0.25) is 4.79 Å². The molecule has 3 N–H and O–H groups in total. The van der Waals surface area contributed by atoms with Crippen LogP contribution in [0, 0.1) is 5.41 Å². The van der Waals surface area contributed by atoms with Gasteiger partial charge >= 0.3 is 0 Å². The van der Waals surface area contributed by atoms with Crippen molar-refractivity contribution in [2.45, 2.75) is 82.1 Å². The van der Waals surface area contributed by atoms with Crippen molar-refractivity contribution in [2.75, 3.05) is 20.3 Å². The van der Waals surface area contributed by atoms with Gasteiger partial charge in [0, 0.05) is 55.0 Å². The number of ether oxygens (including phenoxy) is 2. The maximum Gasteiger partial charge on any atom is 0.246 e. The molecule has 3 aromatic rings. The Labute approximate surface area is 245 Å². The molecule has 0 radical (unpaired) electrons. The number of benzene rings is 1. The summed E-state index contributed by atoms with van der Waals surface area (Å²) in [6.07, 6.45) is 8.67. The van der Waals surface area contributed by atoms with Gasteiger partial charge in [0.05, 0.1) is 12.1 Å². The molecule has 218 valence electrons. The molecular weight excluding hydrogens is 536 g/mol. The summed E-state index contributed by atoms with van der Waals surface area (Å²) in [4.78, 5) is 21.8. The fourth-order valence-electron chi connectivity index (χ4n) is 6.36. The third kappa shape index (κ3) is 6.18. The minimum atomic E-state index is -0.818. The van der Waals surface area contributed by atoms with E-state index in [0.29, 0.717) is 30.2 Å². The Morgan fingerprint density at radius 3 is 2.76 bits per heavy atom. The Morgan fingerprint density at radius 2 is 2.07 bits per heavy atom. The molecule has 6 rings (SSSR count). The number of hydrogen-bond acceptors (Lipinski definition) is 8. The van der Waals surface area contributed by atoms with Crippen molar-refractivity contribution in [3.63, 3.8) is 0 Å². The van der Waals surface area contributed by atoms with Crippen LogP contribution in [0.3, 0.4) is 0 Å². The third-order valence-corrected chi connectivity index (χ3v) is 9.89. The molecule has 9 heteroatoms. The Bertz CT molecular complexity index is 1370. The van der Waals surface area contributed by atoms with Crippen LogP contribution in [0.25, 0.3) is 10.6 Å². The zero-order valence-electron chi connectivity index (χ0n) is 24.1. The van der Waals surface area contributed by atoms with Crippen molar-refractivity contribution in [1.29, 1.82) is 0 Å². The number of carbonyl (C=O) groups excluding carboxylic acids is 1. The molecule has 3 aliphatic rings. The quantitative estimate of drug-likeness (QED) is 0.301. The molecule has 1 aromatic carbocycles. The van der Waals surface area contributed by atoms with E-state index in [1.807, 2.05) is 29.8 Å². The number of thiazole rings is 1. The largest absolute Gasteiger partial charge is 0.471 e. The number of pyridine rings is 1. The average Bonchev–Trinajstić information content (AvgIpc) is 3.30. The lowest BCUT2D eigenvalue weighted by Gasteiger charge is -2.47. The van der Waals surface area contributed by atoms with Gasteiger partial charge in [-0.25, -0.2) is 9.97 Å². The van der Waals surface area contributed by atoms with Crippen LogP contribution in [0.1, 0.15) is 74.6 Å². The van der Waals surface area contributed by atoms with E-state index < -0.39 is 12.1 Å². The number of hydrogen-bond donors (Lipinski definition) is 3. The van der Waals surface area contributed by atoms with Crippen LogP contribution >= 0.6 is 11.3 Å². The summed E-state index contributed by atoms with van der Waals surface area (Å²) in [5.41, 5.74) is 4.52. The number of fused-ring (bicyclic) bond motifs is 1.